The van der Waals surface area contributed by atoms with Crippen LogP contribution in [0.2, 0.25) is 0 Å². The van der Waals surface area contributed by atoms with Gasteiger partial charge in [-0.3, -0.25) is 4.79 Å². The zero-order chi connectivity index (χ0) is 18.0. The van der Waals surface area contributed by atoms with E-state index in [4.69, 9.17) is 11.5 Å². The average molecular weight is 334 g/mol. The van der Waals surface area contributed by atoms with Gasteiger partial charge in [-0.2, -0.15) is 0 Å². The number of nitrogens with two attached hydrogens (primary N) is 2. The SMILES string of the molecule is CC1=C(O)C(=Nc2ccc(N)cc2)C=C(Nc2ccc(N)cc2)C1=O. The lowest BCUT2D eigenvalue weighted by atomic mass is 9.99. The van der Waals surface area contributed by atoms with Crippen LogP contribution in [0, 0.1) is 0 Å². The fourth-order valence-corrected chi connectivity index (χ4v) is 2.36. The molecule has 0 aromatic heterocycles. The van der Waals surface area contributed by atoms with E-state index in [9.17, 15) is 9.90 Å². The van der Waals surface area contributed by atoms with Crippen molar-refractivity contribution in [2.24, 2.45) is 4.99 Å². The van der Waals surface area contributed by atoms with Gasteiger partial charge in [0.05, 0.1) is 11.4 Å². The Morgan fingerprint density at radius 3 is 2.12 bits per heavy atom. The number of anilines is 3. The fourth-order valence-electron chi connectivity index (χ4n) is 2.36. The topological polar surface area (TPSA) is 114 Å². The van der Waals surface area contributed by atoms with E-state index in [1.54, 1.807) is 55.5 Å². The maximum absolute atomic E-state index is 12.4. The highest BCUT2D eigenvalue weighted by atomic mass is 16.3. The summed E-state index contributed by atoms with van der Waals surface area (Å²) < 4.78 is 0. The van der Waals surface area contributed by atoms with Crippen molar-refractivity contribution in [2.75, 3.05) is 16.8 Å². The lowest BCUT2D eigenvalue weighted by Gasteiger charge is -2.17. The number of allylic oxidation sites excluding steroid dienone is 2. The van der Waals surface area contributed by atoms with Gasteiger partial charge in [-0.05, 0) is 61.5 Å². The number of nitrogen functional groups attached to an aromatic ring is 2. The van der Waals surface area contributed by atoms with Crippen molar-refractivity contribution < 1.29 is 9.90 Å². The second-order valence-electron chi connectivity index (χ2n) is 5.70. The molecule has 6 N–H and O–H groups in total. The Bertz CT molecular complexity index is 907. The molecule has 3 rings (SSSR count). The molecule has 0 atom stereocenters. The van der Waals surface area contributed by atoms with E-state index in [0.717, 1.165) is 5.69 Å². The van der Waals surface area contributed by atoms with E-state index < -0.39 is 0 Å². The van der Waals surface area contributed by atoms with Gasteiger partial charge in [0.15, 0.2) is 0 Å². The van der Waals surface area contributed by atoms with Crippen molar-refractivity contribution in [1.82, 2.24) is 0 Å². The molecule has 0 fully saturated rings. The second-order valence-corrected chi connectivity index (χ2v) is 5.70. The highest BCUT2D eigenvalue weighted by Crippen LogP contribution is 2.23. The van der Waals surface area contributed by atoms with Crippen molar-refractivity contribution in [1.29, 1.82) is 0 Å². The van der Waals surface area contributed by atoms with Gasteiger partial charge in [-0.25, -0.2) is 4.99 Å². The maximum atomic E-state index is 12.4. The van der Waals surface area contributed by atoms with E-state index in [0.29, 0.717) is 28.5 Å². The number of hydrogen-bond donors (Lipinski definition) is 4. The largest absolute Gasteiger partial charge is 0.505 e. The number of carbonyl (C=O) groups excluding carboxylic acids is 1. The monoisotopic (exact) mass is 334 g/mol. The first-order valence-electron chi connectivity index (χ1n) is 7.67. The number of aliphatic hydroxyl groups excluding tert-OH is 1. The van der Waals surface area contributed by atoms with E-state index in [-0.39, 0.29) is 17.1 Å². The molecule has 6 heteroatoms. The number of benzene rings is 2. The molecule has 25 heavy (non-hydrogen) atoms. The number of nitrogens with one attached hydrogen (secondary N) is 1. The third kappa shape index (κ3) is 3.53. The number of aliphatic imine (C=N–C) groups is 1. The Labute approximate surface area is 145 Å². The molecule has 2 aromatic carbocycles. The second kappa shape index (κ2) is 6.52. The highest BCUT2D eigenvalue weighted by Gasteiger charge is 2.24. The van der Waals surface area contributed by atoms with Gasteiger partial charge in [0.2, 0.25) is 5.78 Å². The van der Waals surface area contributed by atoms with Gasteiger partial charge in [0.1, 0.15) is 11.5 Å². The van der Waals surface area contributed by atoms with E-state index in [1.165, 1.54) is 6.08 Å². The minimum absolute atomic E-state index is 0.135. The molecule has 1 aliphatic carbocycles. The van der Waals surface area contributed by atoms with Crippen LogP contribution in [0.3, 0.4) is 0 Å². The molecule has 0 aliphatic heterocycles. The van der Waals surface area contributed by atoms with Crippen molar-refractivity contribution in [3.05, 3.63) is 71.6 Å². The molecular formula is C19H18N4O2. The first-order valence-corrected chi connectivity index (χ1v) is 7.67. The number of ketones is 1. The number of nitrogens with zero attached hydrogens (tertiary/aromatic N) is 1. The minimum Gasteiger partial charge on any atom is -0.505 e. The van der Waals surface area contributed by atoms with Gasteiger partial charge in [-0.15, -0.1) is 0 Å². The Morgan fingerprint density at radius 2 is 1.52 bits per heavy atom. The van der Waals surface area contributed by atoms with Crippen LogP contribution in [-0.4, -0.2) is 16.6 Å². The first-order chi connectivity index (χ1) is 11.9. The first kappa shape index (κ1) is 16.3. The summed E-state index contributed by atoms with van der Waals surface area (Å²) in [6.07, 6.45) is 1.53. The quantitative estimate of drug-likeness (QED) is 0.508. The van der Waals surface area contributed by atoms with Gasteiger partial charge in [0.25, 0.3) is 0 Å². The van der Waals surface area contributed by atoms with Crippen LogP contribution < -0.4 is 16.8 Å². The number of hydrogen-bond acceptors (Lipinski definition) is 6. The summed E-state index contributed by atoms with van der Waals surface area (Å²) in [7, 11) is 0. The predicted molar refractivity (Wildman–Crippen MR) is 101 cm³/mol. The molecule has 0 spiro atoms. The van der Waals surface area contributed by atoms with Gasteiger partial charge in [-0.1, -0.05) is 0 Å². The number of Topliss-reactive ketones (excluding diaryl/α,β-unsaturated/α-hetero) is 1. The van der Waals surface area contributed by atoms with Crippen molar-refractivity contribution in [3.63, 3.8) is 0 Å². The summed E-state index contributed by atoms with van der Waals surface area (Å²) in [4.78, 5) is 16.8. The zero-order valence-corrected chi connectivity index (χ0v) is 13.7. The molecule has 0 heterocycles. The minimum atomic E-state index is -0.286. The van der Waals surface area contributed by atoms with Crippen LogP contribution in [0.5, 0.6) is 0 Å². The molecule has 0 amide bonds. The van der Waals surface area contributed by atoms with Crippen molar-refractivity contribution in [3.8, 4) is 0 Å². The lowest BCUT2D eigenvalue weighted by molar-refractivity contribution is -0.112. The van der Waals surface area contributed by atoms with E-state index in [1.807, 2.05) is 0 Å². The fraction of sp³-hybridized carbons (Fsp3) is 0.0526. The molecule has 0 saturated heterocycles. The maximum Gasteiger partial charge on any atom is 0.208 e. The molecule has 0 unspecified atom stereocenters. The smallest absolute Gasteiger partial charge is 0.208 e. The van der Waals surface area contributed by atoms with Gasteiger partial charge >= 0.3 is 0 Å². The molecule has 2 aromatic rings. The van der Waals surface area contributed by atoms with Crippen LogP contribution in [0.1, 0.15) is 6.92 Å². The van der Waals surface area contributed by atoms with E-state index in [2.05, 4.69) is 10.3 Å². The molecule has 0 saturated carbocycles. The summed E-state index contributed by atoms with van der Waals surface area (Å²) >= 11 is 0. The number of rotatable bonds is 3. The third-order valence-corrected chi connectivity index (χ3v) is 3.80. The molecule has 0 bridgehead atoms. The normalized spacial score (nSPS) is 16.1. The Balaban J connectivity index is 1.96. The highest BCUT2D eigenvalue weighted by molar-refractivity contribution is 6.24. The van der Waals surface area contributed by atoms with Crippen LogP contribution >= 0.6 is 0 Å². The van der Waals surface area contributed by atoms with E-state index >= 15 is 0 Å². The lowest BCUT2D eigenvalue weighted by Crippen LogP contribution is -2.22. The summed E-state index contributed by atoms with van der Waals surface area (Å²) in [6.45, 7) is 1.56. The molecule has 126 valence electrons. The Hall–Kier alpha value is -3.54. The predicted octanol–water partition coefficient (Wildman–Crippen LogP) is 3.33. The molecule has 1 aliphatic rings. The van der Waals surface area contributed by atoms with Gasteiger partial charge < -0.3 is 21.9 Å². The summed E-state index contributed by atoms with van der Waals surface area (Å²) in [5.41, 5.74) is 14.8. The molecule has 0 radical (unpaired) electrons. The summed E-state index contributed by atoms with van der Waals surface area (Å²) in [5, 5.41) is 13.3. The summed E-state index contributed by atoms with van der Waals surface area (Å²) in [5.74, 6) is -0.421. The number of carbonyl (C=O) groups is 1. The molecule has 6 nitrogen and oxygen atoms in total. The van der Waals surface area contributed by atoms with Crippen molar-refractivity contribution in [2.45, 2.75) is 6.92 Å². The van der Waals surface area contributed by atoms with Crippen LogP contribution in [0.4, 0.5) is 22.7 Å². The van der Waals surface area contributed by atoms with Crippen LogP contribution in [0.25, 0.3) is 0 Å². The number of aliphatic hydroxyl groups is 1. The van der Waals surface area contributed by atoms with Crippen LogP contribution in [-0.2, 0) is 4.79 Å². The Kier molecular flexibility index (Phi) is 4.26. The van der Waals surface area contributed by atoms with Crippen LogP contribution in [0.15, 0.2) is 76.6 Å². The average Bonchev–Trinajstić information content (AvgIpc) is 2.61. The van der Waals surface area contributed by atoms with Gasteiger partial charge in [0, 0.05) is 22.6 Å². The van der Waals surface area contributed by atoms with Crippen molar-refractivity contribution >= 4 is 34.2 Å². The molecular weight excluding hydrogens is 316 g/mol. The zero-order valence-electron chi connectivity index (χ0n) is 13.7. The Morgan fingerprint density at radius 1 is 0.960 bits per heavy atom. The third-order valence-electron chi connectivity index (χ3n) is 3.80. The standard InChI is InChI=1S/C19H18N4O2/c1-11-18(24)16(22-14-6-2-12(20)3-7-14)10-17(19(11)25)23-15-8-4-13(21)5-9-15/h2-10,22,25H,20-21H2,1H3. The summed E-state index contributed by atoms with van der Waals surface area (Å²) in [6, 6.07) is 13.9.